The predicted molar refractivity (Wildman–Crippen MR) is 131 cm³/mol. The smallest absolute Gasteiger partial charge is 0.387 e. The molecule has 0 atom stereocenters. The minimum absolute atomic E-state index is 0.0543. The Bertz CT molecular complexity index is 1410. The van der Waals surface area contributed by atoms with Gasteiger partial charge in [0.2, 0.25) is 0 Å². The molecule has 4 aromatic rings. The molecule has 1 aromatic heterocycles. The van der Waals surface area contributed by atoms with Crippen LogP contribution in [0.15, 0.2) is 102 Å². The quantitative estimate of drug-likeness (QED) is 0.328. The number of carbonyl (C=O) groups is 1. The van der Waals surface area contributed by atoms with E-state index in [0.29, 0.717) is 33.8 Å². The number of aromatic nitrogens is 2. The molecule has 2 heterocycles. The maximum atomic E-state index is 13.2. The summed E-state index contributed by atoms with van der Waals surface area (Å²) in [6.07, 6.45) is 3.59. The molecule has 0 fully saturated rings. The third kappa shape index (κ3) is 4.59. The number of para-hydroxylation sites is 2. The molecule has 0 saturated heterocycles. The Morgan fingerprint density at radius 3 is 2.14 bits per heavy atom. The van der Waals surface area contributed by atoms with Crippen LogP contribution in [0.1, 0.15) is 12.5 Å². The maximum absolute atomic E-state index is 13.2. The van der Waals surface area contributed by atoms with Crippen LogP contribution in [0.25, 0.3) is 23.0 Å². The second-order valence-electron chi connectivity index (χ2n) is 7.81. The molecular weight excluding hydrogens is 450 g/mol. The first-order valence-electron chi connectivity index (χ1n) is 10.9. The van der Waals surface area contributed by atoms with Gasteiger partial charge in [0.1, 0.15) is 5.75 Å². The van der Waals surface area contributed by atoms with Gasteiger partial charge in [0.25, 0.3) is 5.91 Å². The molecule has 8 heteroatoms. The lowest BCUT2D eigenvalue weighted by Gasteiger charge is -2.11. The van der Waals surface area contributed by atoms with Crippen LogP contribution in [-0.2, 0) is 4.79 Å². The van der Waals surface area contributed by atoms with Gasteiger partial charge >= 0.3 is 6.61 Å². The van der Waals surface area contributed by atoms with Crippen molar-refractivity contribution in [3.63, 3.8) is 0 Å². The normalized spacial score (nSPS) is 14.6. The van der Waals surface area contributed by atoms with Crippen LogP contribution >= 0.6 is 0 Å². The summed E-state index contributed by atoms with van der Waals surface area (Å²) >= 11 is 0. The fourth-order valence-electron chi connectivity index (χ4n) is 3.81. The van der Waals surface area contributed by atoms with Gasteiger partial charge in [-0.3, -0.25) is 4.79 Å². The number of amides is 1. The standard InChI is InChI=1S/C27H20F2N4O2/c1-18-24(26(34)33(30-18)22-10-6-3-7-11-22)16-20-17-32(21-8-4-2-5-9-21)31-25(20)19-12-14-23(15-13-19)35-27(28)29/h2-17,27H,1H3. The van der Waals surface area contributed by atoms with E-state index in [1.807, 2.05) is 66.9 Å². The molecule has 3 aromatic carbocycles. The zero-order chi connectivity index (χ0) is 24.4. The number of hydrogen-bond donors (Lipinski definition) is 0. The second-order valence-corrected chi connectivity index (χ2v) is 7.81. The van der Waals surface area contributed by atoms with E-state index in [-0.39, 0.29) is 11.7 Å². The summed E-state index contributed by atoms with van der Waals surface area (Å²) in [6.45, 7) is -1.12. The first-order valence-corrected chi connectivity index (χ1v) is 10.9. The van der Waals surface area contributed by atoms with Crippen molar-refractivity contribution >= 4 is 23.4 Å². The van der Waals surface area contributed by atoms with E-state index < -0.39 is 6.61 Å². The van der Waals surface area contributed by atoms with E-state index in [4.69, 9.17) is 5.10 Å². The minimum Gasteiger partial charge on any atom is -0.435 e. The summed E-state index contributed by atoms with van der Waals surface area (Å²) in [6, 6.07) is 25.0. The highest BCUT2D eigenvalue weighted by atomic mass is 19.3. The number of anilines is 1. The molecule has 6 nitrogen and oxygen atoms in total. The largest absolute Gasteiger partial charge is 0.435 e. The lowest BCUT2D eigenvalue weighted by molar-refractivity contribution is -0.114. The van der Waals surface area contributed by atoms with E-state index in [0.717, 1.165) is 5.69 Å². The number of nitrogens with zero attached hydrogens (tertiary/aromatic N) is 4. The highest BCUT2D eigenvalue weighted by Crippen LogP contribution is 2.30. The van der Waals surface area contributed by atoms with Gasteiger partial charge < -0.3 is 4.74 Å². The van der Waals surface area contributed by atoms with Gasteiger partial charge in [-0.05, 0) is 61.5 Å². The van der Waals surface area contributed by atoms with Crippen LogP contribution in [0.4, 0.5) is 14.5 Å². The molecule has 1 amide bonds. The summed E-state index contributed by atoms with van der Waals surface area (Å²) in [7, 11) is 0. The summed E-state index contributed by atoms with van der Waals surface area (Å²) in [4.78, 5) is 13.2. The fourth-order valence-corrected chi connectivity index (χ4v) is 3.81. The minimum atomic E-state index is -2.90. The average molecular weight is 470 g/mol. The SMILES string of the molecule is CC1=NN(c2ccccc2)C(=O)C1=Cc1cn(-c2ccccc2)nc1-c1ccc(OC(F)F)cc1. The number of halogens is 2. The van der Waals surface area contributed by atoms with Crippen LogP contribution in [-0.4, -0.2) is 28.0 Å². The van der Waals surface area contributed by atoms with Gasteiger partial charge in [0.05, 0.1) is 28.4 Å². The topological polar surface area (TPSA) is 59.7 Å². The van der Waals surface area contributed by atoms with Crippen LogP contribution in [0, 0.1) is 0 Å². The Balaban J connectivity index is 1.56. The average Bonchev–Trinajstić information content (AvgIpc) is 3.42. The van der Waals surface area contributed by atoms with Crippen molar-refractivity contribution in [3.8, 4) is 22.7 Å². The highest BCUT2D eigenvalue weighted by Gasteiger charge is 2.29. The first-order chi connectivity index (χ1) is 17.0. The Morgan fingerprint density at radius 1 is 0.886 bits per heavy atom. The number of hydrogen-bond acceptors (Lipinski definition) is 4. The Hall–Kier alpha value is -4.59. The molecule has 0 radical (unpaired) electrons. The first kappa shape index (κ1) is 22.2. The summed E-state index contributed by atoms with van der Waals surface area (Å²) in [5.74, 6) is -0.189. The van der Waals surface area contributed by atoms with Gasteiger partial charge in [-0.15, -0.1) is 0 Å². The number of benzene rings is 3. The van der Waals surface area contributed by atoms with Crippen molar-refractivity contribution in [1.82, 2.24) is 9.78 Å². The zero-order valence-corrected chi connectivity index (χ0v) is 18.7. The number of alkyl halides is 2. The van der Waals surface area contributed by atoms with Crippen LogP contribution < -0.4 is 9.75 Å². The van der Waals surface area contributed by atoms with Crippen molar-refractivity contribution < 1.29 is 18.3 Å². The number of carbonyl (C=O) groups excluding carboxylic acids is 1. The van der Waals surface area contributed by atoms with Gasteiger partial charge in [-0.25, -0.2) is 4.68 Å². The van der Waals surface area contributed by atoms with Crippen LogP contribution in [0.5, 0.6) is 5.75 Å². The highest BCUT2D eigenvalue weighted by molar-refractivity contribution is 6.32. The molecular formula is C27H20F2N4O2. The van der Waals surface area contributed by atoms with E-state index >= 15 is 0 Å². The van der Waals surface area contributed by atoms with Gasteiger partial charge in [-0.1, -0.05) is 36.4 Å². The van der Waals surface area contributed by atoms with E-state index in [1.165, 1.54) is 17.1 Å². The van der Waals surface area contributed by atoms with Crippen molar-refractivity contribution in [2.24, 2.45) is 5.10 Å². The molecule has 0 saturated carbocycles. The number of hydrazone groups is 1. The zero-order valence-electron chi connectivity index (χ0n) is 18.7. The van der Waals surface area contributed by atoms with Gasteiger partial charge in [-0.2, -0.15) is 24.0 Å². The summed E-state index contributed by atoms with van der Waals surface area (Å²) in [5.41, 5.74) is 4.50. The van der Waals surface area contributed by atoms with Crippen LogP contribution in [0.2, 0.25) is 0 Å². The summed E-state index contributed by atoms with van der Waals surface area (Å²) < 4.78 is 31.3. The molecule has 1 aliphatic heterocycles. The summed E-state index contributed by atoms with van der Waals surface area (Å²) in [5, 5.41) is 10.5. The van der Waals surface area contributed by atoms with Crippen molar-refractivity contribution in [3.05, 3.63) is 102 Å². The van der Waals surface area contributed by atoms with E-state index in [9.17, 15) is 13.6 Å². The third-order valence-corrected chi connectivity index (χ3v) is 5.48. The molecule has 0 N–H and O–H groups in total. The van der Waals surface area contributed by atoms with Gasteiger partial charge in [0.15, 0.2) is 0 Å². The molecule has 0 spiro atoms. The predicted octanol–water partition coefficient (Wildman–Crippen LogP) is 5.95. The van der Waals surface area contributed by atoms with Crippen molar-refractivity contribution in [2.75, 3.05) is 5.01 Å². The Kier molecular flexibility index (Phi) is 5.93. The third-order valence-electron chi connectivity index (χ3n) is 5.48. The van der Waals surface area contributed by atoms with Crippen molar-refractivity contribution in [1.29, 1.82) is 0 Å². The number of rotatable bonds is 6. The lowest BCUT2D eigenvalue weighted by Crippen LogP contribution is -2.21. The lowest BCUT2D eigenvalue weighted by atomic mass is 10.0. The van der Waals surface area contributed by atoms with Gasteiger partial charge in [0, 0.05) is 17.3 Å². The molecule has 0 aliphatic carbocycles. The molecule has 5 rings (SSSR count). The van der Waals surface area contributed by atoms with E-state index in [2.05, 4.69) is 9.84 Å². The molecule has 0 bridgehead atoms. The molecule has 1 aliphatic rings. The van der Waals surface area contributed by atoms with E-state index in [1.54, 1.807) is 29.8 Å². The monoisotopic (exact) mass is 470 g/mol. The second kappa shape index (κ2) is 9.34. The van der Waals surface area contributed by atoms with Crippen molar-refractivity contribution in [2.45, 2.75) is 13.5 Å². The molecule has 35 heavy (non-hydrogen) atoms. The fraction of sp³-hybridized carbons (Fsp3) is 0.0741. The Labute approximate surface area is 200 Å². The maximum Gasteiger partial charge on any atom is 0.387 e. The Morgan fingerprint density at radius 2 is 1.51 bits per heavy atom. The number of ether oxygens (including phenoxy) is 1. The molecule has 0 unspecified atom stereocenters. The molecule has 174 valence electrons. The van der Waals surface area contributed by atoms with Crippen LogP contribution in [0.3, 0.4) is 0 Å².